The number of rotatable bonds is 3. The van der Waals surface area contributed by atoms with Gasteiger partial charge < -0.3 is 4.90 Å². The Balaban J connectivity index is 2.78. The minimum Gasteiger partial charge on any atom is -0.325 e. The van der Waals surface area contributed by atoms with Crippen molar-refractivity contribution in [2.24, 2.45) is 11.3 Å². The molecular weight excluding hydrogens is 200 g/mol. The van der Waals surface area contributed by atoms with Crippen molar-refractivity contribution in [1.29, 1.82) is 0 Å². The lowest BCUT2D eigenvalue weighted by atomic mass is 9.95. The molecule has 1 fully saturated rings. The molecule has 0 bridgehead atoms. The number of nitrogens with one attached hydrogen (secondary N) is 1. The third kappa shape index (κ3) is 2.97. The monoisotopic (exact) mass is 226 g/mol. The molecule has 1 rings (SSSR count). The highest BCUT2D eigenvalue weighted by molar-refractivity contribution is 5.84. The molecule has 1 heterocycles. The summed E-state index contributed by atoms with van der Waals surface area (Å²) in [7, 11) is 0. The first-order chi connectivity index (χ1) is 7.26. The zero-order valence-corrected chi connectivity index (χ0v) is 11.5. The normalized spacial score (nSPS) is 26.9. The molecule has 1 saturated heterocycles. The molecular formula is C13H26N2O. The Morgan fingerprint density at radius 3 is 2.31 bits per heavy atom. The summed E-state index contributed by atoms with van der Waals surface area (Å²) in [4.78, 5) is 14.3. The average Bonchev–Trinajstić information content (AvgIpc) is 2.42. The predicted octanol–water partition coefficient (Wildman–Crippen LogP) is 2.22. The summed E-state index contributed by atoms with van der Waals surface area (Å²) in [5.41, 5.74) is 0.163. The van der Waals surface area contributed by atoms with Crippen molar-refractivity contribution in [3.8, 4) is 0 Å². The SMILES string of the molecule is CCC1NC(C(C)C)C(=O)N1CC(C)(C)C. The Labute approximate surface area is 99.6 Å². The van der Waals surface area contributed by atoms with Crippen LogP contribution in [0.5, 0.6) is 0 Å². The van der Waals surface area contributed by atoms with Crippen LogP contribution in [0, 0.1) is 11.3 Å². The fourth-order valence-corrected chi connectivity index (χ4v) is 2.22. The van der Waals surface area contributed by atoms with Crippen molar-refractivity contribution in [2.75, 3.05) is 6.54 Å². The molecule has 3 nitrogen and oxygen atoms in total. The molecule has 0 aromatic heterocycles. The van der Waals surface area contributed by atoms with Gasteiger partial charge in [-0.05, 0) is 17.8 Å². The van der Waals surface area contributed by atoms with Crippen LogP contribution in [0.4, 0.5) is 0 Å². The van der Waals surface area contributed by atoms with Gasteiger partial charge in [-0.3, -0.25) is 10.1 Å². The Hall–Kier alpha value is -0.570. The highest BCUT2D eigenvalue weighted by atomic mass is 16.2. The topological polar surface area (TPSA) is 32.3 Å². The first-order valence-electron chi connectivity index (χ1n) is 6.33. The summed E-state index contributed by atoms with van der Waals surface area (Å²) < 4.78 is 0. The number of amides is 1. The lowest BCUT2D eigenvalue weighted by molar-refractivity contribution is -0.132. The lowest BCUT2D eigenvalue weighted by Crippen LogP contribution is -2.41. The first-order valence-corrected chi connectivity index (χ1v) is 6.33. The van der Waals surface area contributed by atoms with Crippen LogP contribution in [0.1, 0.15) is 48.0 Å². The summed E-state index contributed by atoms with van der Waals surface area (Å²) in [6, 6.07) is 0.00676. The van der Waals surface area contributed by atoms with Crippen molar-refractivity contribution in [3.63, 3.8) is 0 Å². The van der Waals surface area contributed by atoms with Gasteiger partial charge in [0.15, 0.2) is 0 Å². The molecule has 3 heteroatoms. The third-order valence-corrected chi connectivity index (χ3v) is 3.00. The van der Waals surface area contributed by atoms with Crippen LogP contribution in [0.15, 0.2) is 0 Å². The highest BCUT2D eigenvalue weighted by Gasteiger charge is 2.40. The number of hydrogen-bond donors (Lipinski definition) is 1. The molecule has 1 aliphatic heterocycles. The third-order valence-electron chi connectivity index (χ3n) is 3.00. The van der Waals surface area contributed by atoms with E-state index in [1.807, 2.05) is 4.90 Å². The molecule has 0 aromatic rings. The van der Waals surface area contributed by atoms with Crippen LogP contribution in [0.3, 0.4) is 0 Å². The second-order valence-corrected chi connectivity index (χ2v) is 6.34. The summed E-state index contributed by atoms with van der Waals surface area (Å²) in [5, 5.41) is 3.44. The van der Waals surface area contributed by atoms with Gasteiger partial charge in [0.1, 0.15) is 0 Å². The Morgan fingerprint density at radius 1 is 1.38 bits per heavy atom. The van der Waals surface area contributed by atoms with E-state index in [0.717, 1.165) is 13.0 Å². The quantitative estimate of drug-likeness (QED) is 0.800. The fourth-order valence-electron chi connectivity index (χ4n) is 2.22. The summed E-state index contributed by atoms with van der Waals surface area (Å²) >= 11 is 0. The number of nitrogens with zero attached hydrogens (tertiary/aromatic N) is 1. The van der Waals surface area contributed by atoms with Crippen LogP contribution in [0.25, 0.3) is 0 Å². The second kappa shape index (κ2) is 4.74. The Bertz CT molecular complexity index is 255. The van der Waals surface area contributed by atoms with E-state index >= 15 is 0 Å². The molecule has 1 N–H and O–H groups in total. The predicted molar refractivity (Wildman–Crippen MR) is 67.0 cm³/mol. The lowest BCUT2D eigenvalue weighted by Gasteiger charge is -2.30. The van der Waals surface area contributed by atoms with Crippen LogP contribution >= 0.6 is 0 Å². The fraction of sp³-hybridized carbons (Fsp3) is 0.923. The van der Waals surface area contributed by atoms with E-state index in [1.165, 1.54) is 0 Å². The van der Waals surface area contributed by atoms with E-state index in [4.69, 9.17) is 0 Å². The number of carbonyl (C=O) groups excluding carboxylic acids is 1. The van der Waals surface area contributed by atoms with Gasteiger partial charge >= 0.3 is 0 Å². The smallest absolute Gasteiger partial charge is 0.241 e. The summed E-state index contributed by atoms with van der Waals surface area (Å²) in [6.07, 6.45) is 1.20. The molecule has 0 spiro atoms. The van der Waals surface area contributed by atoms with Crippen LogP contribution in [0.2, 0.25) is 0 Å². The molecule has 0 radical (unpaired) electrons. The van der Waals surface area contributed by atoms with Gasteiger partial charge in [0, 0.05) is 6.54 Å². The molecule has 1 aliphatic rings. The van der Waals surface area contributed by atoms with E-state index in [-0.39, 0.29) is 23.5 Å². The van der Waals surface area contributed by atoms with Gasteiger partial charge in [-0.15, -0.1) is 0 Å². The number of carbonyl (C=O) groups is 1. The van der Waals surface area contributed by atoms with E-state index < -0.39 is 0 Å². The molecule has 0 aromatic carbocycles. The van der Waals surface area contributed by atoms with Crippen molar-refractivity contribution < 1.29 is 4.79 Å². The van der Waals surface area contributed by atoms with E-state index in [9.17, 15) is 4.79 Å². The average molecular weight is 226 g/mol. The molecule has 94 valence electrons. The molecule has 16 heavy (non-hydrogen) atoms. The largest absolute Gasteiger partial charge is 0.325 e. The molecule has 1 amide bonds. The number of hydrogen-bond acceptors (Lipinski definition) is 2. The van der Waals surface area contributed by atoms with Gasteiger partial charge in [-0.2, -0.15) is 0 Å². The van der Waals surface area contributed by atoms with Crippen LogP contribution in [-0.4, -0.2) is 29.6 Å². The molecule has 0 aliphatic carbocycles. The van der Waals surface area contributed by atoms with Crippen LogP contribution in [-0.2, 0) is 4.79 Å². The molecule has 0 saturated carbocycles. The van der Waals surface area contributed by atoms with Gasteiger partial charge in [0.05, 0.1) is 12.2 Å². The Kier molecular flexibility index (Phi) is 4.00. The second-order valence-electron chi connectivity index (χ2n) is 6.34. The molecule has 2 atom stereocenters. The van der Waals surface area contributed by atoms with Crippen molar-refractivity contribution in [2.45, 2.75) is 60.2 Å². The van der Waals surface area contributed by atoms with E-state index in [2.05, 4.69) is 46.9 Å². The zero-order chi connectivity index (χ0) is 12.5. The Morgan fingerprint density at radius 2 is 1.94 bits per heavy atom. The van der Waals surface area contributed by atoms with Crippen molar-refractivity contribution in [1.82, 2.24) is 10.2 Å². The zero-order valence-electron chi connectivity index (χ0n) is 11.5. The van der Waals surface area contributed by atoms with E-state index in [0.29, 0.717) is 5.92 Å². The van der Waals surface area contributed by atoms with Crippen molar-refractivity contribution >= 4 is 5.91 Å². The van der Waals surface area contributed by atoms with E-state index in [1.54, 1.807) is 0 Å². The van der Waals surface area contributed by atoms with Crippen molar-refractivity contribution in [3.05, 3.63) is 0 Å². The van der Waals surface area contributed by atoms with Gasteiger partial charge in [0.25, 0.3) is 0 Å². The van der Waals surface area contributed by atoms with Gasteiger partial charge in [-0.25, -0.2) is 0 Å². The van der Waals surface area contributed by atoms with Gasteiger partial charge in [0.2, 0.25) is 5.91 Å². The highest BCUT2D eigenvalue weighted by Crippen LogP contribution is 2.24. The molecule has 2 unspecified atom stereocenters. The summed E-state index contributed by atoms with van der Waals surface area (Å²) in [5.74, 6) is 0.642. The maximum atomic E-state index is 12.3. The van der Waals surface area contributed by atoms with Gasteiger partial charge in [-0.1, -0.05) is 41.5 Å². The standard InChI is InChI=1S/C13H26N2O/c1-7-10-14-11(9(2)3)12(16)15(10)8-13(4,5)6/h9-11,14H,7-8H2,1-6H3. The minimum atomic E-state index is 0.00676. The van der Waals surface area contributed by atoms with Crippen LogP contribution < -0.4 is 5.32 Å². The maximum Gasteiger partial charge on any atom is 0.241 e. The summed E-state index contributed by atoms with van der Waals surface area (Å²) in [6.45, 7) is 13.7. The minimum absolute atomic E-state index is 0.00676. The maximum absolute atomic E-state index is 12.3. The first kappa shape index (κ1) is 13.5.